The molecule has 6 heteroatoms. The van der Waals surface area contributed by atoms with Crippen molar-refractivity contribution in [2.45, 2.75) is 53.1 Å². The molecule has 1 N–H and O–H groups in total. The van der Waals surface area contributed by atoms with Crippen LogP contribution in [0.2, 0.25) is 0 Å². The number of benzene rings is 1. The van der Waals surface area contributed by atoms with E-state index in [-0.39, 0.29) is 29.0 Å². The Morgan fingerprint density at radius 1 is 1.25 bits per heavy atom. The number of rotatable bonds is 4. The number of nitrogens with zero attached hydrogens (tertiary/aromatic N) is 2. The van der Waals surface area contributed by atoms with E-state index in [9.17, 15) is 9.59 Å². The Morgan fingerprint density at radius 3 is 2.54 bits per heavy atom. The number of amides is 1. The molecule has 5 nitrogen and oxygen atoms in total. The Labute approximate surface area is 150 Å². The van der Waals surface area contributed by atoms with E-state index in [0.717, 1.165) is 10.9 Å². The summed E-state index contributed by atoms with van der Waals surface area (Å²) in [6.07, 6.45) is 2.26. The molecule has 0 aliphatic heterocycles. The van der Waals surface area contributed by atoms with Crippen LogP contribution < -0.4 is 10.9 Å². The van der Waals surface area contributed by atoms with Gasteiger partial charge in [-0.3, -0.25) is 14.2 Å². The van der Waals surface area contributed by atoms with Crippen LogP contribution in [0.1, 0.15) is 41.0 Å². The van der Waals surface area contributed by atoms with Crippen LogP contribution in [0.4, 0.5) is 0 Å². The van der Waals surface area contributed by atoms with Crippen LogP contribution in [0.25, 0.3) is 10.9 Å². The summed E-state index contributed by atoms with van der Waals surface area (Å²) in [5.41, 5.74) is 0.161. The highest BCUT2D eigenvalue weighted by Crippen LogP contribution is 2.26. The van der Waals surface area contributed by atoms with Crippen LogP contribution in [-0.4, -0.2) is 21.0 Å². The van der Waals surface area contributed by atoms with Gasteiger partial charge in [0.2, 0.25) is 5.91 Å². The SMILES string of the molecule is CC(C)(C)CC(C)(C)NC(=O)Cn1cnc2ccc(Br)cc2c1=O. The fourth-order valence-electron chi connectivity index (χ4n) is 3.19. The normalized spacial score (nSPS) is 12.4. The predicted octanol–water partition coefficient (Wildman–Crippen LogP) is 3.49. The smallest absolute Gasteiger partial charge is 0.261 e. The maximum atomic E-state index is 12.5. The average Bonchev–Trinajstić information content (AvgIpc) is 2.39. The van der Waals surface area contributed by atoms with E-state index in [4.69, 9.17) is 0 Å². The lowest BCUT2D eigenvalue weighted by Gasteiger charge is -2.33. The Kier molecular flexibility index (Phi) is 5.18. The van der Waals surface area contributed by atoms with E-state index in [1.165, 1.54) is 10.9 Å². The van der Waals surface area contributed by atoms with Crippen molar-refractivity contribution in [3.8, 4) is 0 Å². The number of carbonyl (C=O) groups is 1. The van der Waals surface area contributed by atoms with Crippen molar-refractivity contribution < 1.29 is 4.79 Å². The molecular formula is C18H24BrN3O2. The van der Waals surface area contributed by atoms with Gasteiger partial charge in [-0.15, -0.1) is 0 Å². The Hall–Kier alpha value is -1.69. The van der Waals surface area contributed by atoms with Crippen molar-refractivity contribution in [1.29, 1.82) is 0 Å². The van der Waals surface area contributed by atoms with Crippen LogP contribution in [-0.2, 0) is 11.3 Å². The second kappa shape index (κ2) is 6.67. The van der Waals surface area contributed by atoms with Crippen LogP contribution in [0.15, 0.2) is 33.8 Å². The van der Waals surface area contributed by atoms with E-state index in [0.29, 0.717) is 10.9 Å². The number of aromatic nitrogens is 2. The number of nitrogens with one attached hydrogen (secondary N) is 1. The molecule has 2 aromatic rings. The third-order valence-electron chi connectivity index (χ3n) is 3.55. The van der Waals surface area contributed by atoms with Gasteiger partial charge in [0.25, 0.3) is 5.56 Å². The highest BCUT2D eigenvalue weighted by molar-refractivity contribution is 9.10. The van der Waals surface area contributed by atoms with Crippen molar-refractivity contribution >= 4 is 32.7 Å². The molecule has 0 aliphatic rings. The first kappa shape index (κ1) is 18.6. The van der Waals surface area contributed by atoms with Gasteiger partial charge in [0.1, 0.15) is 6.54 Å². The van der Waals surface area contributed by atoms with Gasteiger partial charge >= 0.3 is 0 Å². The van der Waals surface area contributed by atoms with Gasteiger partial charge in [-0.05, 0) is 43.9 Å². The first-order valence-electron chi connectivity index (χ1n) is 7.93. The minimum atomic E-state index is -0.341. The Bertz CT molecular complexity index is 819. The van der Waals surface area contributed by atoms with Crippen molar-refractivity contribution in [3.05, 3.63) is 39.4 Å². The second-order valence-corrected chi connectivity index (χ2v) is 8.92. The largest absolute Gasteiger partial charge is 0.350 e. The van der Waals surface area contributed by atoms with Crippen LogP contribution in [0.5, 0.6) is 0 Å². The maximum absolute atomic E-state index is 12.5. The molecule has 0 spiro atoms. The van der Waals surface area contributed by atoms with Gasteiger partial charge in [0.15, 0.2) is 0 Å². The summed E-state index contributed by atoms with van der Waals surface area (Å²) in [5, 5.41) is 3.51. The van der Waals surface area contributed by atoms with E-state index < -0.39 is 0 Å². The molecule has 0 unspecified atom stereocenters. The molecular weight excluding hydrogens is 370 g/mol. The summed E-state index contributed by atoms with van der Waals surface area (Å²) in [4.78, 5) is 29.1. The summed E-state index contributed by atoms with van der Waals surface area (Å²) in [6, 6.07) is 5.33. The van der Waals surface area contributed by atoms with E-state index >= 15 is 0 Å². The molecule has 0 atom stereocenters. The van der Waals surface area contributed by atoms with E-state index in [2.05, 4.69) is 47.0 Å². The highest BCUT2D eigenvalue weighted by atomic mass is 79.9. The summed E-state index contributed by atoms with van der Waals surface area (Å²) in [5.74, 6) is -0.192. The molecule has 1 aromatic heterocycles. The van der Waals surface area contributed by atoms with Gasteiger partial charge in [0.05, 0.1) is 17.2 Å². The zero-order chi connectivity index (χ0) is 18.1. The molecule has 2 rings (SSSR count). The molecule has 0 fully saturated rings. The van der Waals surface area contributed by atoms with Gasteiger partial charge in [-0.25, -0.2) is 4.98 Å². The minimum absolute atomic E-state index is 0.0398. The highest BCUT2D eigenvalue weighted by Gasteiger charge is 2.27. The van der Waals surface area contributed by atoms with Crippen LogP contribution >= 0.6 is 15.9 Å². The fourth-order valence-corrected chi connectivity index (χ4v) is 3.55. The number of hydrogen-bond donors (Lipinski definition) is 1. The van der Waals surface area contributed by atoms with Gasteiger partial charge in [0, 0.05) is 10.0 Å². The maximum Gasteiger partial charge on any atom is 0.261 e. The monoisotopic (exact) mass is 393 g/mol. The average molecular weight is 394 g/mol. The molecule has 0 saturated heterocycles. The van der Waals surface area contributed by atoms with Crippen molar-refractivity contribution in [2.75, 3.05) is 0 Å². The quantitative estimate of drug-likeness (QED) is 0.864. The summed E-state index contributed by atoms with van der Waals surface area (Å²) in [6.45, 7) is 10.4. The Balaban J connectivity index is 2.19. The number of fused-ring (bicyclic) bond motifs is 1. The Morgan fingerprint density at radius 2 is 1.92 bits per heavy atom. The summed E-state index contributed by atoms with van der Waals surface area (Å²) in [7, 11) is 0. The second-order valence-electron chi connectivity index (χ2n) is 8.01. The molecule has 1 aromatic carbocycles. The number of hydrogen-bond acceptors (Lipinski definition) is 3. The molecule has 1 amide bonds. The molecule has 0 aliphatic carbocycles. The lowest BCUT2D eigenvalue weighted by atomic mass is 9.82. The lowest BCUT2D eigenvalue weighted by Crippen LogP contribution is -2.47. The zero-order valence-corrected chi connectivity index (χ0v) is 16.4. The van der Waals surface area contributed by atoms with Gasteiger partial charge in [-0.1, -0.05) is 36.7 Å². The third kappa shape index (κ3) is 4.90. The lowest BCUT2D eigenvalue weighted by molar-refractivity contribution is -0.123. The predicted molar refractivity (Wildman–Crippen MR) is 100.0 cm³/mol. The molecule has 130 valence electrons. The van der Waals surface area contributed by atoms with Crippen LogP contribution in [0.3, 0.4) is 0 Å². The molecule has 0 bridgehead atoms. The standard InChI is InChI=1S/C18H24BrN3O2/c1-17(2,3)10-18(4,5)21-15(23)9-22-11-20-14-7-6-12(19)8-13(14)16(22)24/h6-8,11H,9-10H2,1-5H3,(H,21,23). The first-order valence-corrected chi connectivity index (χ1v) is 8.72. The summed E-state index contributed by atoms with van der Waals surface area (Å²) >= 11 is 3.35. The zero-order valence-electron chi connectivity index (χ0n) is 14.8. The number of carbonyl (C=O) groups excluding carboxylic acids is 1. The van der Waals surface area contributed by atoms with Crippen LogP contribution in [0, 0.1) is 5.41 Å². The first-order chi connectivity index (χ1) is 11.0. The van der Waals surface area contributed by atoms with E-state index in [1.54, 1.807) is 12.1 Å². The molecule has 1 heterocycles. The van der Waals surface area contributed by atoms with Crippen molar-refractivity contribution in [3.63, 3.8) is 0 Å². The van der Waals surface area contributed by atoms with Crippen molar-refractivity contribution in [1.82, 2.24) is 14.9 Å². The number of halogens is 1. The van der Waals surface area contributed by atoms with E-state index in [1.807, 2.05) is 19.9 Å². The van der Waals surface area contributed by atoms with Gasteiger partial charge in [-0.2, -0.15) is 0 Å². The molecule has 24 heavy (non-hydrogen) atoms. The fraction of sp³-hybridized carbons (Fsp3) is 0.500. The summed E-state index contributed by atoms with van der Waals surface area (Å²) < 4.78 is 2.15. The van der Waals surface area contributed by atoms with Crippen molar-refractivity contribution in [2.24, 2.45) is 5.41 Å². The topological polar surface area (TPSA) is 64.0 Å². The molecule has 0 saturated carbocycles. The minimum Gasteiger partial charge on any atom is -0.350 e. The molecule has 0 radical (unpaired) electrons. The third-order valence-corrected chi connectivity index (χ3v) is 4.04. The van der Waals surface area contributed by atoms with Gasteiger partial charge < -0.3 is 5.32 Å².